The second kappa shape index (κ2) is 7.61. The molecule has 1 aliphatic heterocycles. The largest absolute Gasteiger partial charge is 0.243 e. The summed E-state index contributed by atoms with van der Waals surface area (Å²) in [4.78, 5) is 0.409. The Kier molecular flexibility index (Phi) is 6.08. The zero-order chi connectivity index (χ0) is 15.3. The third kappa shape index (κ3) is 4.44. The van der Waals surface area contributed by atoms with Crippen molar-refractivity contribution in [2.45, 2.75) is 43.9 Å². The molecular formula is C16H24ClNO2S. The van der Waals surface area contributed by atoms with E-state index in [0.717, 1.165) is 37.7 Å². The first-order chi connectivity index (χ1) is 10.0. The molecule has 0 saturated carbocycles. The molecule has 2 rings (SSSR count). The van der Waals surface area contributed by atoms with Gasteiger partial charge in [-0.1, -0.05) is 19.1 Å². The molecule has 1 fully saturated rings. The monoisotopic (exact) mass is 329 g/mol. The van der Waals surface area contributed by atoms with Crippen molar-refractivity contribution in [3.05, 3.63) is 29.8 Å². The molecule has 0 bridgehead atoms. The summed E-state index contributed by atoms with van der Waals surface area (Å²) < 4.78 is 27.0. The molecule has 0 aliphatic carbocycles. The van der Waals surface area contributed by atoms with Crippen LogP contribution in [0.15, 0.2) is 29.2 Å². The fourth-order valence-electron chi connectivity index (χ4n) is 2.73. The highest BCUT2D eigenvalue weighted by Gasteiger charge is 2.26. The Morgan fingerprint density at radius 3 is 2.57 bits per heavy atom. The molecule has 0 amide bonds. The molecule has 1 heterocycles. The molecule has 3 nitrogen and oxygen atoms in total. The normalized spacial score (nSPS) is 21.1. The first kappa shape index (κ1) is 16.8. The van der Waals surface area contributed by atoms with Crippen LogP contribution in [0.3, 0.4) is 0 Å². The quantitative estimate of drug-likeness (QED) is 0.773. The third-order valence-corrected chi connectivity index (χ3v) is 6.32. The van der Waals surface area contributed by atoms with Crippen LogP contribution in [0.1, 0.15) is 38.2 Å². The molecule has 1 saturated heterocycles. The Morgan fingerprint density at radius 1 is 1.19 bits per heavy atom. The lowest BCUT2D eigenvalue weighted by Gasteiger charge is -2.20. The van der Waals surface area contributed by atoms with E-state index < -0.39 is 10.0 Å². The van der Waals surface area contributed by atoms with E-state index >= 15 is 0 Å². The number of hydrogen-bond donors (Lipinski definition) is 0. The van der Waals surface area contributed by atoms with Crippen LogP contribution in [0.4, 0.5) is 0 Å². The van der Waals surface area contributed by atoms with E-state index in [4.69, 9.17) is 11.6 Å². The Hall–Kier alpha value is -0.580. The van der Waals surface area contributed by atoms with Crippen LogP contribution in [-0.2, 0) is 16.4 Å². The van der Waals surface area contributed by atoms with E-state index in [1.807, 2.05) is 12.1 Å². The summed E-state index contributed by atoms with van der Waals surface area (Å²) in [5, 5.41) is 0. The van der Waals surface area contributed by atoms with Gasteiger partial charge in [-0.25, -0.2) is 8.42 Å². The van der Waals surface area contributed by atoms with Gasteiger partial charge in [0.2, 0.25) is 10.0 Å². The van der Waals surface area contributed by atoms with Crippen LogP contribution in [0, 0.1) is 5.92 Å². The van der Waals surface area contributed by atoms with Crippen LogP contribution in [0.5, 0.6) is 0 Å². The lowest BCUT2D eigenvalue weighted by molar-refractivity contribution is 0.417. The van der Waals surface area contributed by atoms with Gasteiger partial charge < -0.3 is 0 Å². The molecular weight excluding hydrogens is 306 g/mol. The highest BCUT2D eigenvalue weighted by atomic mass is 35.5. The third-order valence-electron chi connectivity index (χ3n) is 4.14. The lowest BCUT2D eigenvalue weighted by atomic mass is 10.0. The summed E-state index contributed by atoms with van der Waals surface area (Å²) in [6.45, 7) is 3.47. The van der Waals surface area contributed by atoms with Gasteiger partial charge in [-0.15, -0.1) is 11.6 Å². The molecule has 1 atom stereocenters. The van der Waals surface area contributed by atoms with Gasteiger partial charge in [-0.05, 0) is 55.7 Å². The fraction of sp³-hybridized carbons (Fsp3) is 0.625. The summed E-state index contributed by atoms with van der Waals surface area (Å²) in [7, 11) is -3.34. The molecule has 1 unspecified atom stereocenters. The fourth-order valence-corrected chi connectivity index (χ4v) is 4.35. The standard InChI is InChI=1S/C16H24ClNO2S/c1-14-4-3-12-18(13-10-14)21(19,20)16-8-6-15(7-9-16)5-2-11-17/h6-9,14H,2-5,10-13H2,1H3. The number of alkyl halides is 1. The summed E-state index contributed by atoms with van der Waals surface area (Å²) in [5.41, 5.74) is 1.14. The molecule has 0 aromatic heterocycles. The molecule has 1 aliphatic rings. The minimum absolute atomic E-state index is 0.409. The van der Waals surface area contributed by atoms with Crippen LogP contribution in [0.25, 0.3) is 0 Å². The highest BCUT2D eigenvalue weighted by molar-refractivity contribution is 7.89. The smallest absolute Gasteiger partial charge is 0.207 e. The van der Waals surface area contributed by atoms with Crippen molar-refractivity contribution >= 4 is 21.6 Å². The van der Waals surface area contributed by atoms with Crippen molar-refractivity contribution in [2.24, 2.45) is 5.92 Å². The number of benzene rings is 1. The van der Waals surface area contributed by atoms with Gasteiger partial charge in [0.05, 0.1) is 4.90 Å². The van der Waals surface area contributed by atoms with Crippen LogP contribution in [-0.4, -0.2) is 31.7 Å². The number of rotatable bonds is 5. The van der Waals surface area contributed by atoms with E-state index in [1.54, 1.807) is 16.4 Å². The first-order valence-corrected chi connectivity index (χ1v) is 9.66. The predicted octanol–water partition coefficient (Wildman–Crippen LogP) is 3.67. The molecule has 1 aromatic carbocycles. The molecule has 0 spiro atoms. The van der Waals surface area contributed by atoms with Gasteiger partial charge in [-0.2, -0.15) is 4.31 Å². The zero-order valence-corrected chi connectivity index (χ0v) is 14.2. The summed E-state index contributed by atoms with van der Waals surface area (Å²) in [6.07, 6.45) is 4.83. The van der Waals surface area contributed by atoms with E-state index in [-0.39, 0.29) is 0 Å². The SMILES string of the molecule is CC1CCCN(S(=O)(=O)c2ccc(CCCCl)cc2)CC1. The zero-order valence-electron chi connectivity index (χ0n) is 12.6. The lowest BCUT2D eigenvalue weighted by Crippen LogP contribution is -2.32. The maximum atomic E-state index is 12.7. The molecule has 0 N–H and O–H groups in total. The average Bonchev–Trinajstić information content (AvgIpc) is 2.70. The Bertz CT molecular complexity index is 542. The van der Waals surface area contributed by atoms with Gasteiger partial charge >= 0.3 is 0 Å². The minimum Gasteiger partial charge on any atom is -0.207 e. The second-order valence-electron chi connectivity index (χ2n) is 5.88. The highest BCUT2D eigenvalue weighted by Crippen LogP contribution is 2.23. The van der Waals surface area contributed by atoms with Crippen molar-refractivity contribution in [1.82, 2.24) is 4.31 Å². The maximum absolute atomic E-state index is 12.7. The topological polar surface area (TPSA) is 37.4 Å². The van der Waals surface area contributed by atoms with Gasteiger partial charge in [0.15, 0.2) is 0 Å². The van der Waals surface area contributed by atoms with Crippen molar-refractivity contribution in [1.29, 1.82) is 0 Å². The van der Waals surface area contributed by atoms with E-state index in [0.29, 0.717) is 29.8 Å². The Labute approximate surface area is 133 Å². The number of nitrogens with zero attached hydrogens (tertiary/aromatic N) is 1. The van der Waals surface area contributed by atoms with Crippen LogP contribution < -0.4 is 0 Å². The summed E-state index contributed by atoms with van der Waals surface area (Å²) in [6, 6.07) is 7.26. The molecule has 21 heavy (non-hydrogen) atoms. The van der Waals surface area contributed by atoms with Gasteiger partial charge in [0, 0.05) is 19.0 Å². The van der Waals surface area contributed by atoms with E-state index in [2.05, 4.69) is 6.92 Å². The second-order valence-corrected chi connectivity index (χ2v) is 8.19. The van der Waals surface area contributed by atoms with Crippen LogP contribution in [0.2, 0.25) is 0 Å². The summed E-state index contributed by atoms with van der Waals surface area (Å²) in [5.74, 6) is 1.24. The van der Waals surface area contributed by atoms with Gasteiger partial charge in [0.1, 0.15) is 0 Å². The van der Waals surface area contributed by atoms with Crippen molar-refractivity contribution < 1.29 is 8.42 Å². The van der Waals surface area contributed by atoms with Gasteiger partial charge in [0.25, 0.3) is 0 Å². The number of sulfonamides is 1. The van der Waals surface area contributed by atoms with Gasteiger partial charge in [-0.3, -0.25) is 0 Å². The Morgan fingerprint density at radius 2 is 1.90 bits per heavy atom. The number of hydrogen-bond acceptors (Lipinski definition) is 2. The van der Waals surface area contributed by atoms with Crippen LogP contribution >= 0.6 is 11.6 Å². The Balaban J connectivity index is 2.11. The predicted molar refractivity (Wildman–Crippen MR) is 87.3 cm³/mol. The number of halogens is 1. The van der Waals surface area contributed by atoms with Crippen molar-refractivity contribution in [2.75, 3.05) is 19.0 Å². The van der Waals surface area contributed by atoms with Crippen molar-refractivity contribution in [3.63, 3.8) is 0 Å². The molecule has 5 heteroatoms. The summed E-state index contributed by atoms with van der Waals surface area (Å²) >= 11 is 5.68. The van der Waals surface area contributed by atoms with Crippen molar-refractivity contribution in [3.8, 4) is 0 Å². The number of aryl methyl sites for hydroxylation is 1. The average molecular weight is 330 g/mol. The molecule has 118 valence electrons. The maximum Gasteiger partial charge on any atom is 0.243 e. The van der Waals surface area contributed by atoms with E-state index in [1.165, 1.54) is 0 Å². The molecule has 0 radical (unpaired) electrons. The molecule has 1 aromatic rings. The first-order valence-electron chi connectivity index (χ1n) is 7.69. The van der Waals surface area contributed by atoms with E-state index in [9.17, 15) is 8.42 Å². The minimum atomic E-state index is -3.34.